The van der Waals surface area contributed by atoms with Crippen LogP contribution in [0.3, 0.4) is 0 Å². The molecule has 0 fully saturated rings. The van der Waals surface area contributed by atoms with Gasteiger partial charge in [-0.2, -0.15) is 0 Å². The van der Waals surface area contributed by atoms with E-state index in [0.29, 0.717) is 0 Å². The van der Waals surface area contributed by atoms with E-state index in [2.05, 4.69) is 22.6 Å². The summed E-state index contributed by atoms with van der Waals surface area (Å²) in [5, 5.41) is 7.51. The Balaban J connectivity index is 1.58. The molecule has 0 unspecified atom stereocenters. The van der Waals surface area contributed by atoms with E-state index < -0.39 is 0 Å². The molecular formula is C18H19N3OS. The summed E-state index contributed by atoms with van der Waals surface area (Å²) >= 11 is 1.72. The lowest BCUT2D eigenvalue weighted by Gasteiger charge is -2.25. The molecule has 0 saturated carbocycles. The van der Waals surface area contributed by atoms with Crippen molar-refractivity contribution in [2.24, 2.45) is 0 Å². The van der Waals surface area contributed by atoms with Crippen LogP contribution in [0.1, 0.15) is 26.4 Å². The van der Waals surface area contributed by atoms with Gasteiger partial charge in [0.2, 0.25) is 0 Å². The largest absolute Gasteiger partial charge is 0.353 e. The fraction of sp³-hybridized carbons (Fsp3) is 0.278. The van der Waals surface area contributed by atoms with Crippen LogP contribution in [-0.4, -0.2) is 30.6 Å². The zero-order chi connectivity index (χ0) is 15.8. The molecule has 0 saturated heterocycles. The number of nitrogens with zero attached hydrogens (tertiary/aromatic N) is 1. The molecule has 1 amide bonds. The number of fused-ring (bicyclic) bond motifs is 3. The first-order valence-corrected chi connectivity index (χ1v) is 8.66. The summed E-state index contributed by atoms with van der Waals surface area (Å²) in [6, 6.07) is 10.1. The number of likely N-dealkylation sites (N-methyl/N-ethyl adjacent to an activating group) is 1. The standard InChI is InChI=1S/C18H19N3OS/c1-21-10-9-13-14(11-21)23-18-16(13)17(22)19-15(20-18)8-7-12-5-3-2-4-6-12/h2-8,15,20H,9-11H2,1H3,(H,19,22)/t15-/m1/s1. The van der Waals surface area contributed by atoms with E-state index in [1.165, 1.54) is 10.4 Å². The average Bonchev–Trinajstić information content (AvgIpc) is 2.91. The van der Waals surface area contributed by atoms with Gasteiger partial charge in [-0.25, -0.2) is 0 Å². The fourth-order valence-electron chi connectivity index (χ4n) is 3.13. The number of benzene rings is 1. The molecule has 2 N–H and O–H groups in total. The molecule has 0 spiro atoms. The van der Waals surface area contributed by atoms with E-state index in [1.54, 1.807) is 11.3 Å². The zero-order valence-corrected chi connectivity index (χ0v) is 13.8. The van der Waals surface area contributed by atoms with Gasteiger partial charge < -0.3 is 15.5 Å². The predicted molar refractivity (Wildman–Crippen MR) is 94.7 cm³/mol. The maximum atomic E-state index is 12.5. The summed E-state index contributed by atoms with van der Waals surface area (Å²) in [5.41, 5.74) is 3.22. The Morgan fingerprint density at radius 2 is 2.09 bits per heavy atom. The van der Waals surface area contributed by atoms with Gasteiger partial charge in [-0.15, -0.1) is 11.3 Å². The lowest BCUT2D eigenvalue weighted by atomic mass is 10.0. The number of carbonyl (C=O) groups is 1. The zero-order valence-electron chi connectivity index (χ0n) is 13.0. The lowest BCUT2D eigenvalue weighted by molar-refractivity contribution is 0.0942. The Morgan fingerprint density at radius 1 is 1.26 bits per heavy atom. The molecule has 1 aromatic heterocycles. The summed E-state index contributed by atoms with van der Waals surface area (Å²) in [4.78, 5) is 16.1. The smallest absolute Gasteiger partial charge is 0.256 e. The molecule has 118 valence electrons. The van der Waals surface area contributed by atoms with E-state index in [-0.39, 0.29) is 12.1 Å². The topological polar surface area (TPSA) is 44.4 Å². The van der Waals surface area contributed by atoms with Crippen molar-refractivity contribution < 1.29 is 4.79 Å². The minimum Gasteiger partial charge on any atom is -0.353 e. The van der Waals surface area contributed by atoms with E-state index in [1.807, 2.05) is 42.5 Å². The van der Waals surface area contributed by atoms with Crippen molar-refractivity contribution in [1.29, 1.82) is 0 Å². The second-order valence-corrected chi connectivity index (χ2v) is 7.17. The van der Waals surface area contributed by atoms with E-state index in [9.17, 15) is 4.79 Å². The second kappa shape index (κ2) is 5.83. The highest BCUT2D eigenvalue weighted by Gasteiger charge is 2.31. The van der Waals surface area contributed by atoms with Gasteiger partial charge >= 0.3 is 0 Å². The van der Waals surface area contributed by atoms with Gasteiger partial charge in [0.05, 0.1) is 5.56 Å². The summed E-state index contributed by atoms with van der Waals surface area (Å²) in [7, 11) is 2.13. The van der Waals surface area contributed by atoms with E-state index in [0.717, 1.165) is 35.6 Å². The first-order valence-electron chi connectivity index (χ1n) is 7.84. The Kier molecular flexibility index (Phi) is 3.67. The number of anilines is 1. The summed E-state index contributed by atoms with van der Waals surface area (Å²) in [6.45, 7) is 1.95. The highest BCUT2D eigenvalue weighted by atomic mass is 32.1. The second-order valence-electron chi connectivity index (χ2n) is 6.06. The Labute approximate surface area is 139 Å². The van der Waals surface area contributed by atoms with Crippen LogP contribution in [0, 0.1) is 0 Å². The SMILES string of the molecule is CN1CCc2c(sc3c2C(=O)N[C@@H](C=Cc2ccccc2)N3)C1. The fourth-order valence-corrected chi connectivity index (χ4v) is 4.49. The number of amides is 1. The number of thiophene rings is 1. The van der Waals surface area contributed by atoms with Crippen molar-refractivity contribution in [2.75, 3.05) is 18.9 Å². The quantitative estimate of drug-likeness (QED) is 0.892. The monoisotopic (exact) mass is 325 g/mol. The maximum Gasteiger partial charge on any atom is 0.256 e. The molecule has 2 aromatic rings. The Hall–Kier alpha value is -2.11. The van der Waals surface area contributed by atoms with Gasteiger partial charge in [-0.1, -0.05) is 36.4 Å². The third-order valence-corrected chi connectivity index (χ3v) is 5.48. The normalized spacial score (nSPS) is 20.7. The van der Waals surface area contributed by atoms with E-state index in [4.69, 9.17) is 0 Å². The molecule has 1 aromatic carbocycles. The third kappa shape index (κ3) is 2.78. The maximum absolute atomic E-state index is 12.5. The summed E-state index contributed by atoms with van der Waals surface area (Å²) in [6.07, 6.45) is 4.83. The Morgan fingerprint density at radius 3 is 2.91 bits per heavy atom. The van der Waals surface area contributed by atoms with Crippen LogP contribution in [0.2, 0.25) is 0 Å². The molecule has 1 atom stereocenters. The van der Waals surface area contributed by atoms with Crippen LogP contribution in [0.15, 0.2) is 36.4 Å². The van der Waals surface area contributed by atoms with Crippen molar-refractivity contribution in [3.05, 3.63) is 58.0 Å². The molecule has 4 rings (SSSR count). The summed E-state index contributed by atoms with van der Waals surface area (Å²) in [5.74, 6) is 0.0449. The molecule has 5 heteroatoms. The van der Waals surface area contributed by atoms with Crippen molar-refractivity contribution in [2.45, 2.75) is 19.1 Å². The molecule has 2 aliphatic heterocycles. The molecule has 0 radical (unpaired) electrons. The van der Waals surface area contributed by atoms with Crippen molar-refractivity contribution in [3.63, 3.8) is 0 Å². The van der Waals surface area contributed by atoms with Gasteiger partial charge in [0.15, 0.2) is 0 Å². The van der Waals surface area contributed by atoms with Gasteiger partial charge in [-0.3, -0.25) is 4.79 Å². The molecule has 4 nitrogen and oxygen atoms in total. The first kappa shape index (κ1) is 14.5. The van der Waals surface area contributed by atoms with Crippen LogP contribution in [0.4, 0.5) is 5.00 Å². The average molecular weight is 325 g/mol. The highest BCUT2D eigenvalue weighted by molar-refractivity contribution is 7.16. The van der Waals surface area contributed by atoms with Gasteiger partial charge in [0.25, 0.3) is 5.91 Å². The van der Waals surface area contributed by atoms with Crippen LogP contribution in [0.5, 0.6) is 0 Å². The van der Waals surface area contributed by atoms with Gasteiger partial charge in [-0.05, 0) is 30.7 Å². The minimum atomic E-state index is -0.159. The van der Waals surface area contributed by atoms with Crippen LogP contribution in [0.25, 0.3) is 6.08 Å². The van der Waals surface area contributed by atoms with Crippen LogP contribution >= 0.6 is 11.3 Å². The van der Waals surface area contributed by atoms with Crippen LogP contribution in [-0.2, 0) is 13.0 Å². The number of hydrogen-bond acceptors (Lipinski definition) is 4. The molecule has 0 aliphatic carbocycles. The predicted octanol–water partition coefficient (Wildman–Crippen LogP) is 2.93. The molecular weight excluding hydrogens is 306 g/mol. The Bertz CT molecular complexity index is 766. The van der Waals surface area contributed by atoms with Crippen LogP contribution < -0.4 is 10.6 Å². The minimum absolute atomic E-state index is 0.0449. The highest BCUT2D eigenvalue weighted by Crippen LogP contribution is 2.38. The summed E-state index contributed by atoms with van der Waals surface area (Å²) < 4.78 is 0. The molecule has 3 heterocycles. The van der Waals surface area contributed by atoms with Gasteiger partial charge in [0.1, 0.15) is 11.2 Å². The number of carbonyl (C=O) groups excluding carboxylic acids is 1. The van der Waals surface area contributed by atoms with Crippen molar-refractivity contribution in [3.8, 4) is 0 Å². The molecule has 0 bridgehead atoms. The number of hydrogen-bond donors (Lipinski definition) is 2. The lowest BCUT2D eigenvalue weighted by Crippen LogP contribution is -2.43. The number of nitrogens with one attached hydrogen (secondary N) is 2. The third-order valence-electron chi connectivity index (χ3n) is 4.33. The van der Waals surface area contributed by atoms with Crippen molar-refractivity contribution >= 4 is 28.3 Å². The first-order chi connectivity index (χ1) is 11.2. The molecule has 2 aliphatic rings. The number of rotatable bonds is 2. The van der Waals surface area contributed by atoms with Gasteiger partial charge in [0, 0.05) is 18.0 Å². The molecule has 23 heavy (non-hydrogen) atoms. The van der Waals surface area contributed by atoms with Crippen molar-refractivity contribution in [1.82, 2.24) is 10.2 Å². The van der Waals surface area contributed by atoms with E-state index >= 15 is 0 Å².